The highest BCUT2D eigenvalue weighted by atomic mass is 16.5. The molecular weight excluding hydrogens is 240 g/mol. The average molecular weight is 268 g/mol. The van der Waals surface area contributed by atoms with Gasteiger partial charge in [-0.25, -0.2) is 0 Å². The molecule has 2 fully saturated rings. The summed E-state index contributed by atoms with van der Waals surface area (Å²) in [7, 11) is 0. The van der Waals surface area contributed by atoms with Crippen molar-refractivity contribution in [3.63, 3.8) is 0 Å². The summed E-state index contributed by atoms with van der Waals surface area (Å²) < 4.78 is 5.51. The van der Waals surface area contributed by atoms with Crippen LogP contribution in [0.4, 0.5) is 0 Å². The van der Waals surface area contributed by atoms with E-state index in [2.05, 4.69) is 24.5 Å². The molecule has 2 N–H and O–H groups in total. The van der Waals surface area contributed by atoms with Crippen LogP contribution in [0.3, 0.4) is 0 Å². The third-order valence-corrected chi connectivity index (χ3v) is 4.49. The molecule has 1 unspecified atom stereocenters. The third-order valence-electron chi connectivity index (χ3n) is 4.49. The van der Waals surface area contributed by atoms with Crippen molar-refractivity contribution in [2.75, 3.05) is 32.8 Å². The Bertz CT molecular complexity index is 299. The van der Waals surface area contributed by atoms with Gasteiger partial charge >= 0.3 is 0 Å². The van der Waals surface area contributed by atoms with E-state index in [1.807, 2.05) is 0 Å². The topological polar surface area (TPSA) is 50.4 Å². The number of hydrogen-bond donors (Lipinski definition) is 2. The number of hydrogen-bond acceptors (Lipinski definition) is 3. The Hall–Kier alpha value is -0.610. The van der Waals surface area contributed by atoms with Gasteiger partial charge in [-0.3, -0.25) is 4.79 Å². The van der Waals surface area contributed by atoms with E-state index in [1.165, 1.54) is 0 Å². The van der Waals surface area contributed by atoms with E-state index in [4.69, 9.17) is 4.74 Å². The lowest BCUT2D eigenvalue weighted by Crippen LogP contribution is -2.34. The van der Waals surface area contributed by atoms with E-state index >= 15 is 0 Å². The summed E-state index contributed by atoms with van der Waals surface area (Å²) >= 11 is 0. The van der Waals surface area contributed by atoms with Crippen molar-refractivity contribution in [3.8, 4) is 0 Å². The molecule has 4 heteroatoms. The Morgan fingerprint density at radius 3 is 2.79 bits per heavy atom. The van der Waals surface area contributed by atoms with Crippen LogP contribution in [0.1, 0.15) is 39.5 Å². The van der Waals surface area contributed by atoms with E-state index < -0.39 is 0 Å². The molecule has 1 saturated heterocycles. The SMILES string of the molecule is CC(C)CCOCCNC(=O)C1CC12CCNCC2. The van der Waals surface area contributed by atoms with Gasteiger partial charge in [-0.05, 0) is 50.1 Å². The summed E-state index contributed by atoms with van der Waals surface area (Å²) in [5, 5.41) is 6.38. The zero-order valence-electron chi connectivity index (χ0n) is 12.3. The summed E-state index contributed by atoms with van der Waals surface area (Å²) in [5.74, 6) is 1.19. The number of carbonyl (C=O) groups is 1. The molecule has 2 rings (SSSR count). The van der Waals surface area contributed by atoms with Crippen molar-refractivity contribution < 1.29 is 9.53 Å². The number of ether oxygens (including phenoxy) is 1. The first kappa shape index (κ1) is 14.8. The maximum Gasteiger partial charge on any atom is 0.223 e. The highest BCUT2D eigenvalue weighted by Gasteiger charge is 2.57. The number of rotatable bonds is 7. The zero-order valence-corrected chi connectivity index (χ0v) is 12.3. The van der Waals surface area contributed by atoms with Gasteiger partial charge in [0.25, 0.3) is 0 Å². The van der Waals surface area contributed by atoms with Gasteiger partial charge in [0.15, 0.2) is 0 Å². The summed E-state index contributed by atoms with van der Waals surface area (Å²) in [6.45, 7) is 8.62. The summed E-state index contributed by atoms with van der Waals surface area (Å²) in [4.78, 5) is 12.0. The van der Waals surface area contributed by atoms with Crippen LogP contribution in [-0.2, 0) is 9.53 Å². The predicted octanol–water partition coefficient (Wildman–Crippen LogP) is 1.55. The molecule has 0 aromatic rings. The standard InChI is InChI=1S/C15H28N2O2/c1-12(2)3-9-19-10-8-17-14(18)13-11-15(13)4-6-16-7-5-15/h12-13,16H,3-11H2,1-2H3,(H,17,18). The normalized spacial score (nSPS) is 24.7. The quantitative estimate of drug-likeness (QED) is 0.689. The Labute approximate surface area is 116 Å². The smallest absolute Gasteiger partial charge is 0.223 e. The first-order valence-corrected chi connectivity index (χ1v) is 7.70. The Morgan fingerprint density at radius 2 is 2.11 bits per heavy atom. The second-order valence-electron chi connectivity index (χ2n) is 6.46. The second kappa shape index (κ2) is 6.71. The minimum atomic E-state index is 0.245. The highest BCUT2D eigenvalue weighted by molar-refractivity contribution is 5.82. The molecule has 0 radical (unpaired) electrons. The monoisotopic (exact) mass is 268 g/mol. The van der Waals surface area contributed by atoms with Crippen molar-refractivity contribution in [2.45, 2.75) is 39.5 Å². The summed E-state index contributed by atoms with van der Waals surface area (Å²) in [5.41, 5.74) is 0.341. The van der Waals surface area contributed by atoms with Crippen molar-refractivity contribution >= 4 is 5.91 Å². The van der Waals surface area contributed by atoms with E-state index in [9.17, 15) is 4.79 Å². The molecule has 1 aliphatic carbocycles. The van der Waals surface area contributed by atoms with Crippen LogP contribution in [0.2, 0.25) is 0 Å². The van der Waals surface area contributed by atoms with Gasteiger partial charge in [-0.1, -0.05) is 13.8 Å². The van der Waals surface area contributed by atoms with Crippen LogP contribution in [0.5, 0.6) is 0 Å². The van der Waals surface area contributed by atoms with Crippen LogP contribution >= 0.6 is 0 Å². The average Bonchev–Trinajstić information content (AvgIpc) is 3.07. The van der Waals surface area contributed by atoms with Crippen LogP contribution in [-0.4, -0.2) is 38.8 Å². The van der Waals surface area contributed by atoms with Gasteiger partial charge in [0.05, 0.1) is 6.61 Å². The third kappa shape index (κ3) is 4.18. The Kier molecular flexibility index (Phi) is 5.22. The van der Waals surface area contributed by atoms with Gasteiger partial charge in [-0.15, -0.1) is 0 Å². The van der Waals surface area contributed by atoms with Gasteiger partial charge in [-0.2, -0.15) is 0 Å². The van der Waals surface area contributed by atoms with Crippen LogP contribution in [0.25, 0.3) is 0 Å². The van der Waals surface area contributed by atoms with E-state index in [0.29, 0.717) is 24.5 Å². The molecule has 110 valence electrons. The maximum atomic E-state index is 12.0. The molecule has 0 aromatic heterocycles. The number of nitrogens with one attached hydrogen (secondary N) is 2. The summed E-state index contributed by atoms with van der Waals surface area (Å²) in [6.07, 6.45) is 4.51. The van der Waals surface area contributed by atoms with Crippen molar-refractivity contribution in [2.24, 2.45) is 17.3 Å². The molecule has 0 bridgehead atoms. The van der Waals surface area contributed by atoms with Crippen molar-refractivity contribution in [3.05, 3.63) is 0 Å². The zero-order chi connectivity index (χ0) is 13.7. The largest absolute Gasteiger partial charge is 0.380 e. The Morgan fingerprint density at radius 1 is 1.37 bits per heavy atom. The van der Waals surface area contributed by atoms with E-state index in [1.54, 1.807) is 0 Å². The first-order chi connectivity index (χ1) is 9.14. The molecule has 0 aromatic carbocycles. The Balaban J connectivity index is 1.54. The minimum Gasteiger partial charge on any atom is -0.380 e. The molecule has 1 heterocycles. The van der Waals surface area contributed by atoms with Gasteiger partial charge < -0.3 is 15.4 Å². The fraction of sp³-hybridized carbons (Fsp3) is 0.933. The minimum absolute atomic E-state index is 0.245. The van der Waals surface area contributed by atoms with Crippen LogP contribution in [0, 0.1) is 17.3 Å². The van der Waals surface area contributed by atoms with E-state index in [-0.39, 0.29) is 11.8 Å². The fourth-order valence-corrected chi connectivity index (χ4v) is 2.99. The lowest BCUT2D eigenvalue weighted by atomic mass is 9.92. The second-order valence-corrected chi connectivity index (χ2v) is 6.46. The number of piperidine rings is 1. The van der Waals surface area contributed by atoms with Crippen molar-refractivity contribution in [1.29, 1.82) is 0 Å². The summed E-state index contributed by atoms with van der Waals surface area (Å²) in [6, 6.07) is 0. The van der Waals surface area contributed by atoms with Crippen LogP contribution in [0.15, 0.2) is 0 Å². The predicted molar refractivity (Wildman–Crippen MR) is 75.9 cm³/mol. The highest BCUT2D eigenvalue weighted by Crippen LogP contribution is 2.58. The van der Waals surface area contributed by atoms with Gasteiger partial charge in [0.2, 0.25) is 5.91 Å². The molecular formula is C15H28N2O2. The fourth-order valence-electron chi connectivity index (χ4n) is 2.99. The molecule has 1 amide bonds. The molecule has 1 saturated carbocycles. The van der Waals surface area contributed by atoms with Gasteiger partial charge in [0.1, 0.15) is 0 Å². The lowest BCUT2D eigenvalue weighted by Gasteiger charge is -2.23. The van der Waals surface area contributed by atoms with E-state index in [0.717, 1.165) is 45.4 Å². The van der Waals surface area contributed by atoms with Crippen molar-refractivity contribution in [1.82, 2.24) is 10.6 Å². The van der Waals surface area contributed by atoms with Gasteiger partial charge in [0, 0.05) is 19.1 Å². The first-order valence-electron chi connectivity index (χ1n) is 7.70. The molecule has 4 nitrogen and oxygen atoms in total. The molecule has 1 atom stereocenters. The maximum absolute atomic E-state index is 12.0. The number of amides is 1. The van der Waals surface area contributed by atoms with Crippen LogP contribution < -0.4 is 10.6 Å². The lowest BCUT2D eigenvalue weighted by molar-refractivity contribution is -0.123. The molecule has 2 aliphatic rings. The molecule has 1 spiro atoms. The molecule has 19 heavy (non-hydrogen) atoms. The number of carbonyl (C=O) groups excluding carboxylic acids is 1. The molecule has 1 aliphatic heterocycles.